The van der Waals surface area contributed by atoms with Gasteiger partial charge in [0.15, 0.2) is 16.6 Å². The van der Waals surface area contributed by atoms with Crippen molar-refractivity contribution in [3.05, 3.63) is 0 Å². The molecule has 36 heavy (non-hydrogen) atoms. The molecule has 8 heteroatoms. The second kappa shape index (κ2) is 12.1. The van der Waals surface area contributed by atoms with Crippen LogP contribution in [-0.4, -0.2) is 57.4 Å². The van der Waals surface area contributed by atoms with Crippen molar-refractivity contribution in [2.45, 2.75) is 149 Å². The van der Waals surface area contributed by atoms with Gasteiger partial charge < -0.3 is 18.8 Å². The summed E-state index contributed by atoms with van der Waals surface area (Å²) in [6, 6.07) is 2.41. The van der Waals surface area contributed by atoms with Gasteiger partial charge in [0.1, 0.15) is 16.5 Å². The highest BCUT2D eigenvalue weighted by atomic mass is 28.4. The molecule has 0 saturated heterocycles. The average molecular weight is 575 g/mol. The molecule has 4 nitrogen and oxygen atoms in total. The second-order valence-corrected chi connectivity index (χ2v) is 34.2. The number of nitrogens with one attached hydrogen (secondary N) is 2. The van der Waals surface area contributed by atoms with E-state index in [1.54, 1.807) is 0 Å². The topological polar surface area (TPSA) is 42.5 Å². The van der Waals surface area contributed by atoms with Gasteiger partial charge in [0, 0.05) is 24.3 Å². The van der Waals surface area contributed by atoms with Gasteiger partial charge in [0.2, 0.25) is 0 Å². The molecule has 1 saturated carbocycles. The first-order chi connectivity index (χ1) is 15.8. The fourth-order valence-corrected chi connectivity index (χ4v) is 21.1. The number of hydrogen-bond acceptors (Lipinski definition) is 4. The Morgan fingerprint density at radius 3 is 1.03 bits per heavy atom. The molecule has 2 N–H and O–H groups in total. The van der Waals surface area contributed by atoms with Gasteiger partial charge in [-0.1, -0.05) is 33.9 Å². The Bertz CT molecular complexity index is 638. The Balaban J connectivity index is 3.40. The van der Waals surface area contributed by atoms with Crippen LogP contribution in [0.3, 0.4) is 0 Å². The molecule has 0 aromatic heterocycles. The molecule has 6 atom stereocenters. The van der Waals surface area contributed by atoms with Crippen molar-refractivity contribution in [1.82, 2.24) is 9.96 Å². The van der Waals surface area contributed by atoms with Crippen LogP contribution in [0, 0.1) is 17.8 Å². The average Bonchev–Trinajstić information content (AvgIpc) is 2.79. The summed E-state index contributed by atoms with van der Waals surface area (Å²) in [5, 5.41) is 0. The van der Waals surface area contributed by atoms with Crippen molar-refractivity contribution >= 4 is 33.1 Å². The Labute approximate surface area is 231 Å². The predicted molar refractivity (Wildman–Crippen MR) is 172 cm³/mol. The number of hydrogen-bond donors (Lipinski definition) is 2. The molecule has 216 valence electrons. The third-order valence-corrected chi connectivity index (χ3v) is 20.5. The zero-order valence-electron chi connectivity index (χ0n) is 27.5. The van der Waals surface area contributed by atoms with E-state index in [4.69, 9.17) is 8.85 Å². The first-order valence-electron chi connectivity index (χ1n) is 14.7. The van der Waals surface area contributed by atoms with Crippen LogP contribution in [0.5, 0.6) is 0 Å². The maximum Gasteiger partial charge on any atom is 0.183 e. The summed E-state index contributed by atoms with van der Waals surface area (Å²) in [6.07, 6.45) is 0. The van der Waals surface area contributed by atoms with Crippen molar-refractivity contribution in [2.24, 2.45) is 17.8 Å². The molecule has 0 aliphatic heterocycles. The lowest BCUT2D eigenvalue weighted by atomic mass is 10.0. The van der Waals surface area contributed by atoms with Crippen LogP contribution in [0.2, 0.25) is 75.5 Å². The van der Waals surface area contributed by atoms with Gasteiger partial charge in [-0.25, -0.2) is 0 Å². The summed E-state index contributed by atoms with van der Waals surface area (Å²) in [6.45, 7) is 42.9. The van der Waals surface area contributed by atoms with Crippen molar-refractivity contribution in [1.29, 1.82) is 0 Å². The zero-order chi connectivity index (χ0) is 28.5. The lowest BCUT2D eigenvalue weighted by Crippen LogP contribution is -2.63. The maximum atomic E-state index is 6.46. The first kappa shape index (κ1) is 34.7. The molecule has 0 amide bonds. The van der Waals surface area contributed by atoms with Crippen LogP contribution in [0.15, 0.2) is 0 Å². The van der Waals surface area contributed by atoms with Gasteiger partial charge >= 0.3 is 0 Å². The molecule has 0 heterocycles. The smallest absolute Gasteiger partial charge is 0.183 e. The van der Waals surface area contributed by atoms with Gasteiger partial charge in [-0.3, -0.25) is 0 Å². The molecule has 1 aliphatic carbocycles. The van der Waals surface area contributed by atoms with Crippen LogP contribution in [0.4, 0.5) is 0 Å². The van der Waals surface area contributed by atoms with E-state index >= 15 is 0 Å². The summed E-state index contributed by atoms with van der Waals surface area (Å²) >= 11 is 0. The fraction of sp³-hybridized carbons (Fsp3) is 1.00. The summed E-state index contributed by atoms with van der Waals surface area (Å²) in [7, 11) is -6.73. The Hall–Kier alpha value is 0.708. The van der Waals surface area contributed by atoms with E-state index in [1.165, 1.54) is 12.1 Å². The standard InChI is InChI=1S/C28H66N2O2Si4/c1-22-23(2)26(36(17,30-28(7,8)9)21-19-32-34(13,14)15)24(3)25(22)35(16,29-27(4,5)6)20-18-31-33(10,11)12/h22-26,29-30H,18-21H2,1-17H3. The molecule has 0 radical (unpaired) electrons. The van der Waals surface area contributed by atoms with E-state index < -0.39 is 33.1 Å². The van der Waals surface area contributed by atoms with Crippen LogP contribution in [0.1, 0.15) is 62.3 Å². The minimum absolute atomic E-state index is 0.121. The van der Waals surface area contributed by atoms with E-state index in [0.717, 1.165) is 36.1 Å². The van der Waals surface area contributed by atoms with Crippen LogP contribution in [0.25, 0.3) is 0 Å². The lowest BCUT2D eigenvalue weighted by molar-refractivity contribution is 0.326. The van der Waals surface area contributed by atoms with E-state index in [1.807, 2.05) is 0 Å². The highest BCUT2D eigenvalue weighted by Gasteiger charge is 2.58. The lowest BCUT2D eigenvalue weighted by Gasteiger charge is -2.47. The van der Waals surface area contributed by atoms with E-state index in [-0.39, 0.29) is 11.1 Å². The second-order valence-electron chi connectivity index (χ2n) is 16.6. The molecular formula is C28H66N2O2Si4. The van der Waals surface area contributed by atoms with Crippen LogP contribution in [-0.2, 0) is 8.85 Å². The maximum absolute atomic E-state index is 6.46. The molecule has 1 fully saturated rings. The summed E-state index contributed by atoms with van der Waals surface area (Å²) in [4.78, 5) is 8.55. The monoisotopic (exact) mass is 574 g/mol. The normalized spacial score (nSPS) is 29.8. The zero-order valence-corrected chi connectivity index (χ0v) is 31.5. The van der Waals surface area contributed by atoms with Crippen LogP contribution >= 0.6 is 0 Å². The van der Waals surface area contributed by atoms with E-state index in [2.05, 4.69) is 125 Å². The first-order valence-corrected chi connectivity index (χ1v) is 27.1. The number of rotatable bonds is 12. The summed E-state index contributed by atoms with van der Waals surface area (Å²) in [5.74, 6) is 2.14. The van der Waals surface area contributed by atoms with Gasteiger partial charge in [-0.05, 0) is 122 Å². The Morgan fingerprint density at radius 1 is 0.528 bits per heavy atom. The third-order valence-electron chi connectivity index (χ3n) is 8.20. The molecule has 0 aromatic rings. The minimum Gasteiger partial charge on any atom is -0.418 e. The van der Waals surface area contributed by atoms with Crippen molar-refractivity contribution in [2.75, 3.05) is 13.2 Å². The quantitative estimate of drug-likeness (QED) is 0.230. The fourth-order valence-electron chi connectivity index (χ4n) is 7.63. The molecule has 0 bridgehead atoms. The van der Waals surface area contributed by atoms with E-state index in [0.29, 0.717) is 5.92 Å². The third kappa shape index (κ3) is 10.7. The van der Waals surface area contributed by atoms with Gasteiger partial charge in [-0.15, -0.1) is 0 Å². The van der Waals surface area contributed by atoms with Gasteiger partial charge in [0.25, 0.3) is 0 Å². The molecule has 1 aliphatic rings. The SMILES string of the molecule is CC1C(C)C([Si](C)(CCO[Si](C)(C)C)NC(C)(C)C)C(C)C1[Si](C)(CCO[Si](C)(C)C)NC(C)(C)C. The van der Waals surface area contributed by atoms with Gasteiger partial charge in [-0.2, -0.15) is 0 Å². The van der Waals surface area contributed by atoms with Crippen molar-refractivity contribution < 1.29 is 8.85 Å². The molecule has 6 unspecified atom stereocenters. The molecular weight excluding hydrogens is 509 g/mol. The Kier molecular flexibility index (Phi) is 11.6. The predicted octanol–water partition coefficient (Wildman–Crippen LogP) is 8.28. The summed E-state index contributed by atoms with van der Waals surface area (Å²) < 4.78 is 12.9. The summed E-state index contributed by atoms with van der Waals surface area (Å²) in [5.41, 5.74) is 1.73. The van der Waals surface area contributed by atoms with Crippen molar-refractivity contribution in [3.63, 3.8) is 0 Å². The van der Waals surface area contributed by atoms with Crippen LogP contribution < -0.4 is 9.96 Å². The minimum atomic E-state index is -1.84. The molecule has 0 spiro atoms. The van der Waals surface area contributed by atoms with E-state index in [9.17, 15) is 0 Å². The highest BCUT2D eigenvalue weighted by molar-refractivity contribution is 6.80. The molecule has 1 rings (SSSR count). The van der Waals surface area contributed by atoms with Gasteiger partial charge in [0.05, 0.1) is 0 Å². The molecule has 0 aromatic carbocycles. The highest BCUT2D eigenvalue weighted by Crippen LogP contribution is 2.60. The van der Waals surface area contributed by atoms with Crippen molar-refractivity contribution in [3.8, 4) is 0 Å². The largest absolute Gasteiger partial charge is 0.418 e. The Morgan fingerprint density at radius 2 is 0.806 bits per heavy atom.